The summed E-state index contributed by atoms with van der Waals surface area (Å²) in [5.74, 6) is 0.0674. The molecule has 4 rings (SSSR count). The van der Waals surface area contributed by atoms with E-state index in [0.29, 0.717) is 17.0 Å². The summed E-state index contributed by atoms with van der Waals surface area (Å²) in [5, 5.41) is 9.64. The van der Waals surface area contributed by atoms with Gasteiger partial charge in [-0.3, -0.25) is 4.79 Å². The first-order valence-corrected chi connectivity index (χ1v) is 9.95. The van der Waals surface area contributed by atoms with Crippen molar-refractivity contribution in [3.63, 3.8) is 0 Å². The van der Waals surface area contributed by atoms with E-state index in [0.717, 1.165) is 30.5 Å². The van der Waals surface area contributed by atoms with Gasteiger partial charge >= 0.3 is 0 Å². The fraction of sp³-hybridized carbons (Fsp3) is 0.476. The van der Waals surface area contributed by atoms with Crippen LogP contribution >= 0.6 is 11.6 Å². The van der Waals surface area contributed by atoms with Gasteiger partial charge in [-0.05, 0) is 37.8 Å². The summed E-state index contributed by atoms with van der Waals surface area (Å²) in [6.07, 6.45) is 10.7. The third-order valence-electron chi connectivity index (χ3n) is 6.21. The predicted molar refractivity (Wildman–Crippen MR) is 103 cm³/mol. The summed E-state index contributed by atoms with van der Waals surface area (Å²) < 4.78 is 1.99. The quantitative estimate of drug-likeness (QED) is 0.809. The maximum atomic E-state index is 13.9. The Kier molecular flexibility index (Phi) is 4.69. The number of nitriles is 1. The van der Waals surface area contributed by atoms with Crippen LogP contribution in [0.5, 0.6) is 0 Å². The van der Waals surface area contributed by atoms with Crippen molar-refractivity contribution in [3.05, 3.63) is 52.6 Å². The number of carbonyl (C=O) groups excluding carboxylic acids is 1. The average molecular weight is 383 g/mol. The zero-order valence-corrected chi connectivity index (χ0v) is 16.2. The topological polar surface area (TPSA) is 61.9 Å². The Bertz CT molecular complexity index is 909. The molecule has 2 aromatic rings. The van der Waals surface area contributed by atoms with Crippen LogP contribution in [0.1, 0.15) is 55.3 Å². The number of benzene rings is 1. The molecule has 5 nitrogen and oxygen atoms in total. The van der Waals surface area contributed by atoms with Crippen molar-refractivity contribution >= 4 is 17.5 Å². The highest BCUT2D eigenvalue weighted by Gasteiger charge is 2.50. The molecule has 1 aliphatic carbocycles. The minimum Gasteiger partial charge on any atom is -0.340 e. The second-order valence-electron chi connectivity index (χ2n) is 7.63. The largest absolute Gasteiger partial charge is 0.340 e. The molecule has 140 valence electrons. The number of aromatic nitrogens is 2. The third kappa shape index (κ3) is 2.83. The van der Waals surface area contributed by atoms with Crippen molar-refractivity contribution in [1.29, 1.82) is 5.26 Å². The molecule has 1 fully saturated rings. The van der Waals surface area contributed by atoms with Crippen molar-refractivity contribution in [1.82, 2.24) is 14.5 Å². The van der Waals surface area contributed by atoms with Crippen LogP contribution in [0, 0.1) is 11.3 Å². The number of aryl methyl sites for hydroxylation is 1. The molecule has 0 saturated heterocycles. The highest BCUT2D eigenvalue weighted by molar-refractivity contribution is 6.32. The van der Waals surface area contributed by atoms with Gasteiger partial charge in [0.1, 0.15) is 0 Å². The molecule has 1 amide bonds. The van der Waals surface area contributed by atoms with Crippen LogP contribution in [0.25, 0.3) is 0 Å². The Hall–Kier alpha value is -2.32. The number of rotatable bonds is 3. The highest BCUT2D eigenvalue weighted by Crippen LogP contribution is 2.43. The van der Waals surface area contributed by atoms with Crippen LogP contribution in [-0.4, -0.2) is 33.4 Å². The van der Waals surface area contributed by atoms with Crippen LogP contribution in [-0.2, 0) is 16.8 Å². The summed E-state index contributed by atoms with van der Waals surface area (Å²) in [7, 11) is 1.92. The van der Waals surface area contributed by atoms with Crippen LogP contribution in [0.2, 0.25) is 5.02 Å². The van der Waals surface area contributed by atoms with Gasteiger partial charge in [-0.2, -0.15) is 5.26 Å². The molecule has 1 atom stereocenters. The normalized spacial score (nSPS) is 22.3. The van der Waals surface area contributed by atoms with Gasteiger partial charge in [-0.15, -0.1) is 0 Å². The summed E-state index contributed by atoms with van der Waals surface area (Å²) >= 11 is 6.59. The summed E-state index contributed by atoms with van der Waals surface area (Å²) in [4.78, 5) is 20.1. The van der Waals surface area contributed by atoms with E-state index < -0.39 is 5.54 Å². The van der Waals surface area contributed by atoms with Gasteiger partial charge in [0.05, 0.1) is 18.0 Å². The van der Waals surface area contributed by atoms with Gasteiger partial charge in [0.2, 0.25) is 0 Å². The van der Waals surface area contributed by atoms with Crippen LogP contribution < -0.4 is 0 Å². The van der Waals surface area contributed by atoms with E-state index in [2.05, 4.69) is 11.1 Å². The number of nitrogens with zero attached hydrogens (tertiary/aromatic N) is 4. The van der Waals surface area contributed by atoms with Gasteiger partial charge in [-0.1, -0.05) is 36.9 Å². The molecule has 1 unspecified atom stereocenters. The number of fused-ring (bicyclic) bond motifs is 1. The molecular weight excluding hydrogens is 360 g/mol. The van der Waals surface area contributed by atoms with Crippen LogP contribution in [0.3, 0.4) is 0 Å². The zero-order valence-electron chi connectivity index (χ0n) is 15.5. The van der Waals surface area contributed by atoms with E-state index in [-0.39, 0.29) is 11.9 Å². The fourth-order valence-corrected chi connectivity index (χ4v) is 5.05. The molecule has 0 N–H and O–H groups in total. The number of imidazole rings is 1. The third-order valence-corrected chi connectivity index (χ3v) is 6.52. The number of likely N-dealkylation sites (N-methyl/N-ethyl adjacent to an activating group) is 1. The van der Waals surface area contributed by atoms with Crippen molar-refractivity contribution in [2.24, 2.45) is 0 Å². The van der Waals surface area contributed by atoms with Crippen molar-refractivity contribution in [2.45, 2.75) is 56.5 Å². The number of hydrogen-bond acceptors (Lipinski definition) is 3. The fourth-order valence-electron chi connectivity index (χ4n) is 4.72. The number of hydrogen-bond donors (Lipinski definition) is 0. The lowest BCUT2D eigenvalue weighted by molar-refractivity contribution is -0.140. The molecule has 2 heterocycles. The van der Waals surface area contributed by atoms with E-state index in [1.54, 1.807) is 18.5 Å². The van der Waals surface area contributed by atoms with Gasteiger partial charge in [-0.25, -0.2) is 4.98 Å². The minimum absolute atomic E-state index is 0.0674. The Morgan fingerprint density at radius 3 is 2.85 bits per heavy atom. The Labute approximate surface area is 164 Å². The summed E-state index contributed by atoms with van der Waals surface area (Å²) in [5.41, 5.74) is 1.41. The molecule has 0 bridgehead atoms. The SMILES string of the molecule is CN(C(=O)C1(c2ccc(C#N)cc2Cl)CCc2cncn21)C1CCCCC1. The van der Waals surface area contributed by atoms with E-state index in [9.17, 15) is 10.1 Å². The molecule has 1 aromatic carbocycles. The van der Waals surface area contributed by atoms with E-state index in [1.807, 2.05) is 28.8 Å². The highest BCUT2D eigenvalue weighted by atomic mass is 35.5. The maximum Gasteiger partial charge on any atom is 0.253 e. The molecule has 6 heteroatoms. The standard InChI is InChI=1S/C21H23ClN4O/c1-25(16-5-3-2-4-6-16)20(27)21(10-9-17-13-24-14-26(17)21)18-8-7-15(12-23)11-19(18)22/h7-8,11,13-14,16H,2-6,9-10H2,1H3. The summed E-state index contributed by atoms with van der Waals surface area (Å²) in [6, 6.07) is 7.62. The first-order valence-electron chi connectivity index (χ1n) is 9.57. The number of amides is 1. The Morgan fingerprint density at radius 2 is 2.15 bits per heavy atom. The van der Waals surface area contributed by atoms with Gasteiger partial charge in [0, 0.05) is 35.6 Å². The molecule has 1 aromatic heterocycles. The first kappa shape index (κ1) is 18.1. The van der Waals surface area contributed by atoms with E-state index >= 15 is 0 Å². The van der Waals surface area contributed by atoms with Crippen LogP contribution in [0.15, 0.2) is 30.7 Å². The minimum atomic E-state index is -0.886. The molecule has 1 aliphatic heterocycles. The van der Waals surface area contributed by atoms with Crippen molar-refractivity contribution in [2.75, 3.05) is 7.05 Å². The van der Waals surface area contributed by atoms with E-state index in [4.69, 9.17) is 11.6 Å². The average Bonchev–Trinajstić information content (AvgIpc) is 3.31. The second kappa shape index (κ2) is 7.01. The lowest BCUT2D eigenvalue weighted by Crippen LogP contribution is -2.52. The lowest BCUT2D eigenvalue weighted by atomic mass is 9.84. The molecule has 27 heavy (non-hydrogen) atoms. The zero-order chi connectivity index (χ0) is 19.0. The van der Waals surface area contributed by atoms with Gasteiger partial charge < -0.3 is 9.47 Å². The number of carbonyl (C=O) groups is 1. The smallest absolute Gasteiger partial charge is 0.253 e. The molecular formula is C21H23ClN4O. The summed E-state index contributed by atoms with van der Waals surface area (Å²) in [6.45, 7) is 0. The second-order valence-corrected chi connectivity index (χ2v) is 8.04. The molecule has 2 aliphatic rings. The molecule has 0 radical (unpaired) electrons. The first-order chi connectivity index (χ1) is 13.1. The molecule has 0 spiro atoms. The Morgan fingerprint density at radius 1 is 1.37 bits per heavy atom. The van der Waals surface area contributed by atoms with Crippen molar-refractivity contribution < 1.29 is 4.79 Å². The monoisotopic (exact) mass is 382 g/mol. The van der Waals surface area contributed by atoms with E-state index in [1.165, 1.54) is 19.3 Å². The maximum absolute atomic E-state index is 13.9. The van der Waals surface area contributed by atoms with Crippen molar-refractivity contribution in [3.8, 4) is 6.07 Å². The van der Waals surface area contributed by atoms with Gasteiger partial charge in [0.25, 0.3) is 5.91 Å². The predicted octanol–water partition coefficient (Wildman–Crippen LogP) is 3.89. The van der Waals surface area contributed by atoms with Gasteiger partial charge in [0.15, 0.2) is 5.54 Å². The lowest BCUT2D eigenvalue weighted by Gasteiger charge is -2.39. The Balaban J connectivity index is 1.81. The molecule has 1 saturated carbocycles. The van der Waals surface area contributed by atoms with Crippen LogP contribution in [0.4, 0.5) is 0 Å². The number of halogens is 1.